The molecule has 3 N–H and O–H groups in total. The predicted octanol–water partition coefficient (Wildman–Crippen LogP) is 3.61. The summed E-state index contributed by atoms with van der Waals surface area (Å²) in [6.45, 7) is 2.52. The molecule has 0 bridgehead atoms. The summed E-state index contributed by atoms with van der Waals surface area (Å²) in [7, 11) is 0. The first kappa shape index (κ1) is 29.1. The molecule has 5 aromatic rings. The largest absolute Gasteiger partial charge is 0.382 e. The maximum atomic E-state index is 13.6. The number of hydrogen-bond acceptors (Lipinski definition) is 8. The van der Waals surface area contributed by atoms with Gasteiger partial charge in [-0.25, -0.2) is 19.2 Å². The molecule has 4 aromatic heterocycles. The van der Waals surface area contributed by atoms with Crippen molar-refractivity contribution in [2.45, 2.75) is 51.2 Å². The van der Waals surface area contributed by atoms with Gasteiger partial charge in [0.1, 0.15) is 23.2 Å². The maximum Gasteiger partial charge on any atom is 0.284 e. The number of nitrogens with zero attached hydrogens (tertiary/aromatic N) is 7. The number of carbonyl (C=O) groups excluding carboxylic acids is 2. The lowest BCUT2D eigenvalue weighted by Gasteiger charge is -2.36. The van der Waals surface area contributed by atoms with Gasteiger partial charge in [-0.1, -0.05) is 24.6 Å². The third-order valence-electron chi connectivity index (χ3n) is 9.77. The number of benzene rings is 1. The molecular weight excluding hydrogens is 598 g/mol. The van der Waals surface area contributed by atoms with E-state index in [1.165, 1.54) is 11.0 Å². The number of carbonyl (C=O) groups is 2. The molecule has 1 aromatic carbocycles. The van der Waals surface area contributed by atoms with Gasteiger partial charge in [0.25, 0.3) is 11.5 Å². The summed E-state index contributed by atoms with van der Waals surface area (Å²) in [6, 6.07) is 14.9. The molecule has 240 valence electrons. The smallest absolute Gasteiger partial charge is 0.284 e. The topological polar surface area (TPSA) is 155 Å². The Bertz CT molecular complexity index is 2040. The molecule has 6 heterocycles. The first-order valence-corrected chi connectivity index (χ1v) is 16.1. The summed E-state index contributed by atoms with van der Waals surface area (Å²) < 4.78 is 10.8. The van der Waals surface area contributed by atoms with E-state index in [9.17, 15) is 14.4 Å². The number of pyridine rings is 1. The Balaban J connectivity index is 1.05. The van der Waals surface area contributed by atoms with Crippen molar-refractivity contribution in [2.24, 2.45) is 5.92 Å². The third-order valence-corrected chi connectivity index (χ3v) is 9.77. The number of fused-ring (bicyclic) bond motifs is 2. The van der Waals surface area contributed by atoms with Crippen LogP contribution >= 0.6 is 0 Å². The number of ether oxygens (including phenoxy) is 1. The van der Waals surface area contributed by atoms with Crippen molar-refractivity contribution in [3.8, 4) is 16.8 Å². The quantitative estimate of drug-likeness (QED) is 0.287. The van der Waals surface area contributed by atoms with Crippen LogP contribution in [-0.4, -0.2) is 65.4 Å². The average Bonchev–Trinajstić information content (AvgIpc) is 3.61. The molecule has 0 unspecified atom stereocenters. The average molecular weight is 634 g/mol. The fourth-order valence-electron chi connectivity index (χ4n) is 7.06. The summed E-state index contributed by atoms with van der Waals surface area (Å²) in [4.78, 5) is 50.7. The lowest BCUT2D eigenvalue weighted by atomic mass is 9.83. The second-order valence-electron chi connectivity index (χ2n) is 12.5. The molecule has 1 aliphatic carbocycles. The van der Waals surface area contributed by atoms with Crippen LogP contribution in [0.4, 0.5) is 11.6 Å². The number of nitrogens with two attached hydrogens (primary N) is 1. The molecule has 2 amide bonds. The summed E-state index contributed by atoms with van der Waals surface area (Å²) >= 11 is 0. The lowest BCUT2D eigenvalue weighted by Crippen LogP contribution is -2.43. The Morgan fingerprint density at radius 3 is 2.51 bits per heavy atom. The Morgan fingerprint density at radius 2 is 1.79 bits per heavy atom. The fraction of sp³-hybridized carbons (Fsp3) is 0.353. The summed E-state index contributed by atoms with van der Waals surface area (Å²) in [5.74, 6) is 0.822. The summed E-state index contributed by atoms with van der Waals surface area (Å²) in [5.41, 5.74) is 10.5. The van der Waals surface area contributed by atoms with Crippen LogP contribution in [0.15, 0.2) is 65.8 Å². The first-order valence-electron chi connectivity index (χ1n) is 16.1. The zero-order valence-corrected chi connectivity index (χ0v) is 25.8. The van der Waals surface area contributed by atoms with E-state index in [2.05, 4.69) is 26.4 Å². The van der Waals surface area contributed by atoms with E-state index in [0.717, 1.165) is 62.0 Å². The molecule has 1 saturated heterocycles. The van der Waals surface area contributed by atoms with Gasteiger partial charge in [0.2, 0.25) is 5.91 Å². The summed E-state index contributed by atoms with van der Waals surface area (Å²) in [6.07, 6.45) is 7.98. The Kier molecular flexibility index (Phi) is 7.32. The van der Waals surface area contributed by atoms with Gasteiger partial charge >= 0.3 is 0 Å². The Labute approximate surface area is 270 Å². The van der Waals surface area contributed by atoms with Crippen molar-refractivity contribution in [3.05, 3.63) is 88.4 Å². The van der Waals surface area contributed by atoms with Crippen molar-refractivity contribution in [1.82, 2.24) is 33.8 Å². The highest BCUT2D eigenvalue weighted by atomic mass is 16.5. The monoisotopic (exact) mass is 633 g/mol. The Morgan fingerprint density at radius 1 is 0.979 bits per heavy atom. The summed E-state index contributed by atoms with van der Waals surface area (Å²) in [5, 5.41) is 7.36. The number of amides is 2. The third kappa shape index (κ3) is 5.07. The molecule has 2 fully saturated rings. The van der Waals surface area contributed by atoms with Crippen molar-refractivity contribution >= 4 is 29.0 Å². The molecule has 3 aliphatic rings. The van der Waals surface area contributed by atoms with Crippen LogP contribution in [0.2, 0.25) is 0 Å². The lowest BCUT2D eigenvalue weighted by molar-refractivity contribution is -0.139. The molecule has 8 rings (SSSR count). The van der Waals surface area contributed by atoms with Crippen molar-refractivity contribution in [1.29, 1.82) is 0 Å². The van der Waals surface area contributed by atoms with E-state index in [1.54, 1.807) is 12.3 Å². The van der Waals surface area contributed by atoms with Gasteiger partial charge in [0.15, 0.2) is 5.82 Å². The van der Waals surface area contributed by atoms with Crippen LogP contribution in [0.25, 0.3) is 22.3 Å². The molecule has 0 atom stereocenters. The number of rotatable bonds is 6. The van der Waals surface area contributed by atoms with E-state index in [4.69, 9.17) is 10.5 Å². The van der Waals surface area contributed by atoms with Gasteiger partial charge in [0.05, 0.1) is 31.1 Å². The highest BCUT2D eigenvalue weighted by Crippen LogP contribution is 2.37. The van der Waals surface area contributed by atoms with Crippen LogP contribution in [-0.2, 0) is 22.7 Å². The second-order valence-corrected chi connectivity index (χ2v) is 12.5. The molecule has 13 heteroatoms. The zero-order valence-electron chi connectivity index (χ0n) is 25.8. The molecule has 2 aliphatic heterocycles. The van der Waals surface area contributed by atoms with Gasteiger partial charge in [-0.2, -0.15) is 5.10 Å². The van der Waals surface area contributed by atoms with E-state index in [-0.39, 0.29) is 24.0 Å². The Hall–Kier alpha value is -5.30. The van der Waals surface area contributed by atoms with Crippen LogP contribution in [0.3, 0.4) is 0 Å². The van der Waals surface area contributed by atoms with E-state index >= 15 is 0 Å². The van der Waals surface area contributed by atoms with Crippen LogP contribution < -0.4 is 16.6 Å². The number of anilines is 2. The van der Waals surface area contributed by atoms with Crippen molar-refractivity contribution in [2.75, 3.05) is 30.7 Å². The van der Waals surface area contributed by atoms with Gasteiger partial charge in [-0.05, 0) is 56.0 Å². The number of likely N-dealkylation sites (tertiary alicyclic amines) is 1. The van der Waals surface area contributed by atoms with Gasteiger partial charge in [-0.3, -0.25) is 19.1 Å². The van der Waals surface area contributed by atoms with E-state index in [0.29, 0.717) is 47.6 Å². The number of para-hydroxylation sites is 1. The molecule has 47 heavy (non-hydrogen) atoms. The molecule has 1 saturated carbocycles. The number of hydrogen-bond donors (Lipinski definition) is 2. The van der Waals surface area contributed by atoms with Crippen LogP contribution in [0.5, 0.6) is 0 Å². The first-order chi connectivity index (χ1) is 23.0. The standard InChI is InChI=1S/C34H35N9O4/c35-31-30-25(17-26(42(30)38-20-37-31)21-11-13-40(14-12-21)33(45)22-5-4-6-22)23-9-10-28(36-18-23)39-32(44)29-27-19-47-16-15-41(27)43(34(29)46)24-7-2-1-3-8-24/h1-3,7-10,17-18,20-22H,4-6,11-16,19H2,(H2,35,37,38)(H,36,39,44). The molecular formula is C34H35N9O4. The molecule has 0 radical (unpaired) electrons. The van der Waals surface area contributed by atoms with Gasteiger partial charge in [0, 0.05) is 47.9 Å². The number of nitrogens with one attached hydrogen (secondary N) is 1. The number of nitrogen functional groups attached to an aromatic ring is 1. The van der Waals surface area contributed by atoms with Crippen LogP contribution in [0, 0.1) is 5.92 Å². The maximum absolute atomic E-state index is 13.6. The van der Waals surface area contributed by atoms with Crippen molar-refractivity contribution < 1.29 is 14.3 Å². The predicted molar refractivity (Wildman–Crippen MR) is 174 cm³/mol. The van der Waals surface area contributed by atoms with Crippen molar-refractivity contribution in [3.63, 3.8) is 0 Å². The molecule has 13 nitrogen and oxygen atoms in total. The van der Waals surface area contributed by atoms with Gasteiger partial charge < -0.3 is 20.7 Å². The minimum Gasteiger partial charge on any atom is -0.382 e. The minimum atomic E-state index is -0.546. The highest BCUT2D eigenvalue weighted by Gasteiger charge is 2.33. The molecule has 0 spiro atoms. The normalized spacial score (nSPS) is 17.0. The van der Waals surface area contributed by atoms with E-state index < -0.39 is 11.5 Å². The SMILES string of the molecule is Nc1ncnn2c(C3CCN(C(=O)C4CCC4)CC3)cc(-c3ccc(NC(=O)c4c5n(n(-c6ccccc6)c4=O)CCOC5)nc3)c12. The van der Waals surface area contributed by atoms with E-state index in [1.807, 2.05) is 50.5 Å². The number of aromatic nitrogens is 6. The van der Waals surface area contributed by atoms with Gasteiger partial charge in [-0.15, -0.1) is 0 Å². The van der Waals surface area contributed by atoms with Crippen LogP contribution in [0.1, 0.15) is 59.8 Å². The fourth-order valence-corrected chi connectivity index (χ4v) is 7.06. The second kappa shape index (κ2) is 11.8. The number of piperidine rings is 1. The zero-order chi connectivity index (χ0) is 32.1. The highest BCUT2D eigenvalue weighted by molar-refractivity contribution is 6.04. The minimum absolute atomic E-state index is 0.0351.